The Morgan fingerprint density at radius 2 is 1.84 bits per heavy atom. The molecule has 13 nitrogen and oxygen atoms in total. The molecule has 2 aromatic carbocycles. The largest absolute Gasteiger partial charge is 0.485 e. The van der Waals surface area contributed by atoms with Crippen LogP contribution in [0.3, 0.4) is 0 Å². The van der Waals surface area contributed by atoms with E-state index in [2.05, 4.69) is 20.4 Å². The number of ether oxygens (including phenoxy) is 2. The van der Waals surface area contributed by atoms with Gasteiger partial charge in [-0.15, -0.1) is 5.10 Å². The Balaban J connectivity index is 1.11. The summed E-state index contributed by atoms with van der Waals surface area (Å²) in [4.78, 5) is 57.6. The van der Waals surface area contributed by atoms with Crippen LogP contribution in [-0.4, -0.2) is 72.2 Å². The molecule has 296 valence electrons. The molecule has 57 heavy (non-hydrogen) atoms. The molecule has 0 radical (unpaired) electrons. The van der Waals surface area contributed by atoms with Crippen LogP contribution in [0.1, 0.15) is 83.0 Å². The third-order valence-electron chi connectivity index (χ3n) is 11.2. The number of alkyl halides is 3. The van der Waals surface area contributed by atoms with Gasteiger partial charge >= 0.3 is 6.18 Å². The number of rotatable bonds is 8. The third kappa shape index (κ3) is 7.16. The Labute approximate surface area is 329 Å². The van der Waals surface area contributed by atoms with Crippen molar-refractivity contribution in [2.24, 2.45) is 0 Å². The van der Waals surface area contributed by atoms with E-state index in [0.717, 1.165) is 29.3 Å². The lowest BCUT2D eigenvalue weighted by Crippen LogP contribution is -2.47. The fourth-order valence-electron chi connectivity index (χ4n) is 8.05. The van der Waals surface area contributed by atoms with Crippen LogP contribution < -0.4 is 15.6 Å². The second kappa shape index (κ2) is 15.0. The number of nitrogens with zero attached hydrogens (tertiary/aromatic N) is 7. The zero-order chi connectivity index (χ0) is 40.1. The first-order valence-corrected chi connectivity index (χ1v) is 19.0. The number of nitrogens with one attached hydrogen (secondary N) is 1. The van der Waals surface area contributed by atoms with E-state index in [0.29, 0.717) is 86.9 Å². The van der Waals surface area contributed by atoms with Gasteiger partial charge in [0.25, 0.3) is 11.5 Å². The fourth-order valence-corrected chi connectivity index (χ4v) is 8.28. The second-order valence-electron chi connectivity index (χ2n) is 14.5. The van der Waals surface area contributed by atoms with Crippen molar-refractivity contribution >= 4 is 40.5 Å². The predicted octanol–water partition coefficient (Wildman–Crippen LogP) is 6.36. The third-order valence-corrected chi connectivity index (χ3v) is 11.5. The number of hydrogen-bond donors (Lipinski definition) is 1. The molecule has 1 fully saturated rings. The summed E-state index contributed by atoms with van der Waals surface area (Å²) in [5.41, 5.74) is 1.64. The molecule has 0 saturated carbocycles. The standard InChI is InChI=1S/C40H38ClF3N8O5/c1-23-33(57-21-25-6-4-3-5-7-25)32(46-22-45-23)37(55)50-16-14-39(15-17-50)13-10-30-31(39)36(54)52-38(48-34(49-52)26-11-18-56-19-12-26)51(30)24(2)35(53)47-29-9-8-27(20-28(29)41)40(42,43)44/h3-9,11,20,22,24H,10,12-19,21H2,1-2H3,(H,47,53). The monoisotopic (exact) mass is 802 g/mol. The SMILES string of the molecule is Cc1ncnc(C(=O)N2CCC3(CCc4c3c(=O)n3nc(C5=CCOCC5)nc3n4C(C)C(=O)Nc3ccc(C(F)(F)F)cc3Cl)CC2)c1OCc1ccccc1. The van der Waals surface area contributed by atoms with Crippen molar-refractivity contribution in [2.75, 3.05) is 31.6 Å². The molecular formula is C40H38ClF3N8O5. The van der Waals surface area contributed by atoms with E-state index in [9.17, 15) is 27.6 Å². The van der Waals surface area contributed by atoms with Crippen molar-refractivity contribution in [1.82, 2.24) is 34.0 Å². The lowest BCUT2D eigenvalue weighted by Gasteiger charge is -2.39. The summed E-state index contributed by atoms with van der Waals surface area (Å²) < 4.78 is 54.5. The highest BCUT2D eigenvalue weighted by Crippen LogP contribution is 2.46. The van der Waals surface area contributed by atoms with Gasteiger partial charge in [0, 0.05) is 29.8 Å². The van der Waals surface area contributed by atoms with Crippen LogP contribution in [0, 0.1) is 6.92 Å². The van der Waals surface area contributed by atoms with Gasteiger partial charge in [-0.3, -0.25) is 14.4 Å². The number of aromatic nitrogens is 6. The Kier molecular flexibility index (Phi) is 10.1. The number of fused-ring (bicyclic) bond motifs is 3. The summed E-state index contributed by atoms with van der Waals surface area (Å²) in [7, 11) is 0. The highest BCUT2D eigenvalue weighted by molar-refractivity contribution is 6.33. The van der Waals surface area contributed by atoms with E-state index < -0.39 is 29.1 Å². The summed E-state index contributed by atoms with van der Waals surface area (Å²) >= 11 is 6.21. The normalized spacial score (nSPS) is 17.0. The number of likely N-dealkylation sites (tertiary alicyclic amines) is 1. The molecule has 3 aromatic heterocycles. The maximum atomic E-state index is 14.6. The van der Waals surface area contributed by atoms with Crippen molar-refractivity contribution in [3.63, 3.8) is 0 Å². The van der Waals surface area contributed by atoms with Gasteiger partial charge in [-0.1, -0.05) is 48.0 Å². The van der Waals surface area contributed by atoms with Crippen molar-refractivity contribution in [3.8, 4) is 5.75 Å². The molecule has 1 N–H and O–H groups in total. The zero-order valence-electron chi connectivity index (χ0n) is 31.1. The van der Waals surface area contributed by atoms with Gasteiger partial charge in [-0.05, 0) is 75.3 Å². The summed E-state index contributed by atoms with van der Waals surface area (Å²) in [5.74, 6) is -0.0664. The number of hydrogen-bond acceptors (Lipinski definition) is 9. The van der Waals surface area contributed by atoms with Crippen LogP contribution in [0.15, 0.2) is 65.7 Å². The number of benzene rings is 2. The summed E-state index contributed by atoms with van der Waals surface area (Å²) in [6, 6.07) is 11.3. The van der Waals surface area contributed by atoms with Gasteiger partial charge in [-0.2, -0.15) is 22.7 Å². The van der Waals surface area contributed by atoms with Gasteiger partial charge in [0.1, 0.15) is 19.0 Å². The first kappa shape index (κ1) is 38.3. The minimum absolute atomic E-state index is 0.00533. The van der Waals surface area contributed by atoms with Crippen LogP contribution in [-0.2, 0) is 34.2 Å². The van der Waals surface area contributed by atoms with Crippen molar-refractivity contribution in [1.29, 1.82) is 0 Å². The molecule has 1 unspecified atom stereocenters. The minimum Gasteiger partial charge on any atom is -0.485 e. The molecule has 5 aromatic rings. The Morgan fingerprint density at radius 1 is 1.07 bits per heavy atom. The van der Waals surface area contributed by atoms with Gasteiger partial charge in [0.05, 0.1) is 35.2 Å². The summed E-state index contributed by atoms with van der Waals surface area (Å²) in [6.45, 7) is 5.11. The van der Waals surface area contributed by atoms with E-state index in [4.69, 9.17) is 26.1 Å². The van der Waals surface area contributed by atoms with Crippen molar-refractivity contribution in [3.05, 3.63) is 116 Å². The minimum atomic E-state index is -4.61. The zero-order valence-corrected chi connectivity index (χ0v) is 31.9. The molecule has 2 amide bonds. The number of amides is 2. The Bertz CT molecular complexity index is 2480. The first-order valence-electron chi connectivity index (χ1n) is 18.6. The number of carbonyl (C=O) groups excluding carboxylic acids is 2. The lowest BCUT2D eigenvalue weighted by molar-refractivity contribution is -0.137. The highest BCUT2D eigenvalue weighted by Gasteiger charge is 2.47. The van der Waals surface area contributed by atoms with Crippen LogP contribution in [0.2, 0.25) is 5.02 Å². The van der Waals surface area contributed by atoms with Crippen LogP contribution >= 0.6 is 11.6 Å². The summed E-state index contributed by atoms with van der Waals surface area (Å²) in [5, 5.41) is 7.06. The molecule has 1 saturated heterocycles. The molecule has 1 spiro atoms. The first-order chi connectivity index (χ1) is 27.3. The second-order valence-corrected chi connectivity index (χ2v) is 14.9. The van der Waals surface area contributed by atoms with Crippen LogP contribution in [0.25, 0.3) is 11.4 Å². The van der Waals surface area contributed by atoms with Gasteiger partial charge in [0.15, 0.2) is 17.3 Å². The van der Waals surface area contributed by atoms with E-state index in [1.54, 1.807) is 23.3 Å². The van der Waals surface area contributed by atoms with E-state index in [-0.39, 0.29) is 40.3 Å². The lowest BCUT2D eigenvalue weighted by atomic mass is 9.74. The Morgan fingerprint density at radius 3 is 2.54 bits per heavy atom. The number of aryl methyl sites for hydroxylation is 1. The van der Waals surface area contributed by atoms with Gasteiger partial charge in [0.2, 0.25) is 11.7 Å². The highest BCUT2D eigenvalue weighted by atomic mass is 35.5. The van der Waals surface area contributed by atoms with Gasteiger partial charge in [-0.25, -0.2) is 9.97 Å². The smallest absolute Gasteiger partial charge is 0.416 e. The molecular weight excluding hydrogens is 765 g/mol. The molecule has 1 aliphatic carbocycles. The molecule has 5 heterocycles. The van der Waals surface area contributed by atoms with E-state index >= 15 is 0 Å². The van der Waals surface area contributed by atoms with Crippen LogP contribution in [0.5, 0.6) is 5.75 Å². The number of piperidine rings is 1. The molecule has 8 rings (SSSR count). The van der Waals surface area contributed by atoms with Crippen LogP contribution in [0.4, 0.5) is 18.9 Å². The average molecular weight is 803 g/mol. The maximum absolute atomic E-state index is 14.6. The number of anilines is 1. The van der Waals surface area contributed by atoms with E-state index in [1.807, 2.05) is 36.4 Å². The number of carbonyl (C=O) groups is 2. The maximum Gasteiger partial charge on any atom is 0.416 e. The molecule has 17 heteroatoms. The number of halogens is 4. The van der Waals surface area contributed by atoms with E-state index in [1.165, 1.54) is 10.8 Å². The quantitative estimate of drug-likeness (QED) is 0.189. The topological polar surface area (TPSA) is 146 Å². The average Bonchev–Trinajstić information content (AvgIpc) is 3.81. The fraction of sp³-hybridized carbons (Fsp3) is 0.375. The molecule has 0 bridgehead atoms. The predicted molar refractivity (Wildman–Crippen MR) is 203 cm³/mol. The van der Waals surface area contributed by atoms with Crippen molar-refractivity contribution < 1.29 is 32.2 Å². The Hall–Kier alpha value is -5.61. The van der Waals surface area contributed by atoms with Gasteiger partial charge < -0.3 is 24.3 Å². The molecule has 2 aliphatic heterocycles. The molecule has 1 atom stereocenters. The summed E-state index contributed by atoms with van der Waals surface area (Å²) in [6.07, 6.45) is 1.07. The molecule has 3 aliphatic rings. The van der Waals surface area contributed by atoms with Crippen molar-refractivity contribution in [2.45, 2.75) is 70.2 Å².